The van der Waals surface area contributed by atoms with Crippen LogP contribution in [0.15, 0.2) is 30.3 Å². The number of fused-ring (bicyclic) bond motifs is 1. The second kappa shape index (κ2) is 6.02. The summed E-state index contributed by atoms with van der Waals surface area (Å²) in [6.45, 7) is 7.56. The number of rotatable bonds is 4. The summed E-state index contributed by atoms with van der Waals surface area (Å²) in [6, 6.07) is 10.6. The Kier molecular flexibility index (Phi) is 4.11. The third-order valence-corrected chi connectivity index (χ3v) is 4.66. The van der Waals surface area contributed by atoms with Crippen LogP contribution in [0.3, 0.4) is 0 Å². The van der Waals surface area contributed by atoms with E-state index in [0.29, 0.717) is 6.54 Å². The summed E-state index contributed by atoms with van der Waals surface area (Å²) >= 11 is 0. The Morgan fingerprint density at radius 3 is 2.86 bits per heavy atom. The Morgan fingerprint density at radius 2 is 2.14 bits per heavy atom. The molecule has 0 bridgehead atoms. The molecule has 1 unspecified atom stereocenters. The van der Waals surface area contributed by atoms with E-state index in [1.54, 1.807) is 0 Å². The zero-order valence-electron chi connectivity index (χ0n) is 13.0. The van der Waals surface area contributed by atoms with Gasteiger partial charge in [-0.05, 0) is 48.9 Å². The second-order valence-electron chi connectivity index (χ2n) is 6.44. The number of para-hydroxylation sites is 1. The fourth-order valence-electron chi connectivity index (χ4n) is 3.29. The van der Waals surface area contributed by atoms with Gasteiger partial charge in [0, 0.05) is 18.5 Å². The Bertz CT molecular complexity index is 621. The lowest BCUT2D eigenvalue weighted by atomic mass is 9.95. The van der Waals surface area contributed by atoms with Crippen molar-refractivity contribution in [1.82, 2.24) is 4.98 Å². The van der Waals surface area contributed by atoms with Gasteiger partial charge < -0.3 is 10.6 Å². The predicted molar refractivity (Wildman–Crippen MR) is 89.7 cm³/mol. The van der Waals surface area contributed by atoms with Crippen LogP contribution in [0.5, 0.6) is 0 Å². The minimum Gasteiger partial charge on any atom is -0.356 e. The van der Waals surface area contributed by atoms with Gasteiger partial charge in [-0.3, -0.25) is 0 Å². The van der Waals surface area contributed by atoms with Crippen LogP contribution in [0.2, 0.25) is 0 Å². The number of benzene rings is 1. The average Bonchev–Trinajstić information content (AvgIpc) is 2.97. The lowest BCUT2D eigenvalue weighted by Crippen LogP contribution is -2.24. The molecule has 1 aromatic heterocycles. The summed E-state index contributed by atoms with van der Waals surface area (Å²) < 4.78 is 0. The molecule has 1 aliphatic rings. The highest BCUT2D eigenvalue weighted by atomic mass is 15.2. The molecule has 1 aromatic carbocycles. The maximum Gasteiger partial charge on any atom is 0.132 e. The SMILES string of the molecule is CC(C)C1CCN(c2nc3ccccc3cc2CCN)C1. The highest BCUT2D eigenvalue weighted by Gasteiger charge is 2.27. The molecule has 1 aliphatic heterocycles. The Labute approximate surface area is 127 Å². The monoisotopic (exact) mass is 283 g/mol. The minimum atomic E-state index is 0.675. The van der Waals surface area contributed by atoms with E-state index in [-0.39, 0.29) is 0 Å². The molecule has 112 valence electrons. The molecule has 1 fully saturated rings. The first-order valence-electron chi connectivity index (χ1n) is 8.02. The van der Waals surface area contributed by atoms with Crippen LogP contribution in [0.4, 0.5) is 5.82 Å². The van der Waals surface area contributed by atoms with Crippen molar-refractivity contribution in [2.45, 2.75) is 26.7 Å². The first-order chi connectivity index (χ1) is 10.2. The van der Waals surface area contributed by atoms with Crippen LogP contribution >= 0.6 is 0 Å². The largest absolute Gasteiger partial charge is 0.356 e. The van der Waals surface area contributed by atoms with Crippen molar-refractivity contribution >= 4 is 16.7 Å². The van der Waals surface area contributed by atoms with E-state index in [4.69, 9.17) is 10.7 Å². The van der Waals surface area contributed by atoms with Crippen molar-refractivity contribution in [2.24, 2.45) is 17.6 Å². The normalized spacial score (nSPS) is 18.9. The third kappa shape index (κ3) is 2.88. The Balaban J connectivity index is 1.98. The number of anilines is 1. The van der Waals surface area contributed by atoms with Crippen LogP contribution in [-0.2, 0) is 6.42 Å². The van der Waals surface area contributed by atoms with Gasteiger partial charge in [-0.1, -0.05) is 32.0 Å². The minimum absolute atomic E-state index is 0.675. The van der Waals surface area contributed by atoms with E-state index in [9.17, 15) is 0 Å². The number of hydrogen-bond acceptors (Lipinski definition) is 3. The summed E-state index contributed by atoms with van der Waals surface area (Å²) in [6.07, 6.45) is 2.17. The standard InChI is InChI=1S/C18H25N3/c1-13(2)16-8-10-21(12-16)18-15(7-9-19)11-14-5-3-4-6-17(14)20-18/h3-6,11,13,16H,7-10,12,19H2,1-2H3. The Hall–Kier alpha value is -1.61. The summed E-state index contributed by atoms with van der Waals surface area (Å²) in [5.74, 6) is 2.68. The van der Waals surface area contributed by atoms with Crippen LogP contribution in [0.1, 0.15) is 25.8 Å². The van der Waals surface area contributed by atoms with Gasteiger partial charge in [-0.2, -0.15) is 0 Å². The topological polar surface area (TPSA) is 42.2 Å². The van der Waals surface area contributed by atoms with Gasteiger partial charge in [0.15, 0.2) is 0 Å². The maximum absolute atomic E-state index is 5.80. The molecule has 0 radical (unpaired) electrons. The van der Waals surface area contributed by atoms with Crippen molar-refractivity contribution in [2.75, 3.05) is 24.5 Å². The quantitative estimate of drug-likeness (QED) is 0.937. The molecule has 21 heavy (non-hydrogen) atoms. The van der Waals surface area contributed by atoms with Crippen LogP contribution in [-0.4, -0.2) is 24.6 Å². The van der Waals surface area contributed by atoms with Gasteiger partial charge in [0.25, 0.3) is 0 Å². The van der Waals surface area contributed by atoms with E-state index in [2.05, 4.69) is 49.1 Å². The Morgan fingerprint density at radius 1 is 1.33 bits per heavy atom. The maximum atomic E-state index is 5.80. The molecule has 0 spiro atoms. The fourth-order valence-corrected chi connectivity index (χ4v) is 3.29. The van der Waals surface area contributed by atoms with Gasteiger partial charge >= 0.3 is 0 Å². The molecule has 3 rings (SSSR count). The van der Waals surface area contributed by atoms with Crippen LogP contribution < -0.4 is 10.6 Å². The summed E-state index contributed by atoms with van der Waals surface area (Å²) in [5.41, 5.74) is 8.18. The van der Waals surface area contributed by atoms with Gasteiger partial charge in [0.2, 0.25) is 0 Å². The second-order valence-corrected chi connectivity index (χ2v) is 6.44. The van der Waals surface area contributed by atoms with Crippen LogP contribution in [0, 0.1) is 11.8 Å². The molecule has 1 atom stereocenters. The van der Waals surface area contributed by atoms with Crippen molar-refractivity contribution in [3.05, 3.63) is 35.9 Å². The molecule has 2 heterocycles. The van der Waals surface area contributed by atoms with Crippen molar-refractivity contribution < 1.29 is 0 Å². The van der Waals surface area contributed by atoms with Crippen molar-refractivity contribution in [3.8, 4) is 0 Å². The molecule has 3 nitrogen and oxygen atoms in total. The molecule has 2 N–H and O–H groups in total. The van der Waals surface area contributed by atoms with E-state index in [0.717, 1.165) is 42.7 Å². The first-order valence-corrected chi connectivity index (χ1v) is 8.02. The molecular weight excluding hydrogens is 258 g/mol. The lowest BCUT2D eigenvalue weighted by molar-refractivity contribution is 0.422. The molecule has 1 saturated heterocycles. The molecule has 2 aromatic rings. The molecule has 0 aliphatic carbocycles. The molecule has 0 saturated carbocycles. The number of hydrogen-bond donors (Lipinski definition) is 1. The summed E-state index contributed by atoms with van der Waals surface area (Å²) in [5, 5.41) is 1.21. The summed E-state index contributed by atoms with van der Waals surface area (Å²) in [7, 11) is 0. The zero-order chi connectivity index (χ0) is 14.8. The van der Waals surface area contributed by atoms with Gasteiger partial charge in [0.05, 0.1) is 5.52 Å². The van der Waals surface area contributed by atoms with E-state index >= 15 is 0 Å². The van der Waals surface area contributed by atoms with E-state index in [1.165, 1.54) is 17.4 Å². The van der Waals surface area contributed by atoms with Crippen molar-refractivity contribution in [3.63, 3.8) is 0 Å². The number of nitrogens with two attached hydrogens (primary N) is 1. The molecule has 0 amide bonds. The van der Waals surface area contributed by atoms with E-state index < -0.39 is 0 Å². The molecular formula is C18H25N3. The van der Waals surface area contributed by atoms with Crippen molar-refractivity contribution in [1.29, 1.82) is 0 Å². The number of pyridine rings is 1. The molecule has 3 heteroatoms. The van der Waals surface area contributed by atoms with E-state index in [1.807, 2.05) is 0 Å². The average molecular weight is 283 g/mol. The fraction of sp³-hybridized carbons (Fsp3) is 0.500. The smallest absolute Gasteiger partial charge is 0.132 e. The zero-order valence-corrected chi connectivity index (χ0v) is 13.0. The third-order valence-electron chi connectivity index (χ3n) is 4.66. The van der Waals surface area contributed by atoms with Gasteiger partial charge in [0.1, 0.15) is 5.82 Å². The first kappa shape index (κ1) is 14.3. The predicted octanol–water partition coefficient (Wildman–Crippen LogP) is 3.22. The van der Waals surface area contributed by atoms with Gasteiger partial charge in [-0.15, -0.1) is 0 Å². The number of aromatic nitrogens is 1. The lowest BCUT2D eigenvalue weighted by Gasteiger charge is -2.22. The highest BCUT2D eigenvalue weighted by Crippen LogP contribution is 2.31. The number of nitrogens with zero attached hydrogens (tertiary/aromatic N) is 2. The van der Waals surface area contributed by atoms with Gasteiger partial charge in [-0.25, -0.2) is 4.98 Å². The highest BCUT2D eigenvalue weighted by molar-refractivity contribution is 5.82. The van der Waals surface area contributed by atoms with Crippen LogP contribution in [0.25, 0.3) is 10.9 Å². The summed E-state index contributed by atoms with van der Waals surface area (Å²) in [4.78, 5) is 7.40.